The molecule has 1 rings (SSSR count). The predicted molar refractivity (Wildman–Crippen MR) is 57.3 cm³/mol. The molecular formula is C12H16F3N. The molecule has 0 fully saturated rings. The van der Waals surface area contributed by atoms with Crippen LogP contribution in [0.5, 0.6) is 0 Å². The van der Waals surface area contributed by atoms with E-state index in [4.69, 9.17) is 0 Å². The largest absolute Gasteiger partial charge is 0.389 e. The molecule has 0 aliphatic carbocycles. The maximum atomic E-state index is 12.0. The van der Waals surface area contributed by atoms with E-state index in [0.29, 0.717) is 5.69 Å². The van der Waals surface area contributed by atoms with E-state index in [1.165, 1.54) is 0 Å². The molecule has 0 atom stereocenters. The summed E-state index contributed by atoms with van der Waals surface area (Å²) in [6.45, 7) is 6.07. The molecule has 90 valence electrons. The van der Waals surface area contributed by atoms with Crippen LogP contribution in [-0.4, -0.2) is 11.2 Å². The number of hydrogen-bond acceptors (Lipinski definition) is 1. The van der Waals surface area contributed by atoms with E-state index in [1.807, 2.05) is 26.8 Å². The van der Waals surface area contributed by atoms with Crippen molar-refractivity contribution in [2.45, 2.75) is 45.2 Å². The first kappa shape index (κ1) is 13.0. The van der Waals surface area contributed by atoms with Gasteiger partial charge >= 0.3 is 6.18 Å². The number of hydrogen-bond donors (Lipinski definition) is 0. The third-order valence-electron chi connectivity index (χ3n) is 2.35. The SMILES string of the molecule is CC(C)(C)c1ccnc(CCC(F)(F)F)c1. The van der Waals surface area contributed by atoms with Gasteiger partial charge < -0.3 is 0 Å². The fraction of sp³-hybridized carbons (Fsp3) is 0.583. The molecule has 0 unspecified atom stereocenters. The summed E-state index contributed by atoms with van der Waals surface area (Å²) >= 11 is 0. The Morgan fingerprint density at radius 3 is 2.31 bits per heavy atom. The van der Waals surface area contributed by atoms with Gasteiger partial charge in [-0.2, -0.15) is 13.2 Å². The molecule has 0 saturated carbocycles. The highest BCUT2D eigenvalue weighted by Gasteiger charge is 2.27. The van der Waals surface area contributed by atoms with E-state index in [1.54, 1.807) is 12.3 Å². The van der Waals surface area contributed by atoms with Crippen molar-refractivity contribution in [3.8, 4) is 0 Å². The lowest BCUT2D eigenvalue weighted by Gasteiger charge is -2.19. The smallest absolute Gasteiger partial charge is 0.261 e. The zero-order valence-electron chi connectivity index (χ0n) is 9.73. The van der Waals surface area contributed by atoms with Crippen LogP contribution in [0.15, 0.2) is 18.3 Å². The van der Waals surface area contributed by atoms with Gasteiger partial charge in [0.2, 0.25) is 0 Å². The van der Waals surface area contributed by atoms with Crippen LogP contribution >= 0.6 is 0 Å². The Hall–Kier alpha value is -1.06. The van der Waals surface area contributed by atoms with Crippen LogP contribution in [0.2, 0.25) is 0 Å². The topological polar surface area (TPSA) is 12.9 Å². The van der Waals surface area contributed by atoms with Crippen molar-refractivity contribution < 1.29 is 13.2 Å². The Morgan fingerprint density at radius 2 is 1.81 bits per heavy atom. The molecule has 16 heavy (non-hydrogen) atoms. The van der Waals surface area contributed by atoms with Crippen molar-refractivity contribution in [3.63, 3.8) is 0 Å². The molecule has 0 bridgehead atoms. The Balaban J connectivity index is 2.76. The molecule has 0 aliphatic heterocycles. The predicted octanol–water partition coefficient (Wildman–Crippen LogP) is 3.87. The zero-order valence-corrected chi connectivity index (χ0v) is 9.73. The van der Waals surface area contributed by atoms with E-state index >= 15 is 0 Å². The van der Waals surface area contributed by atoms with Crippen LogP contribution in [0.4, 0.5) is 13.2 Å². The average Bonchev–Trinajstić information content (AvgIpc) is 2.13. The Bertz CT molecular complexity index is 350. The molecule has 4 heteroatoms. The molecule has 1 heterocycles. The summed E-state index contributed by atoms with van der Waals surface area (Å²) in [7, 11) is 0. The average molecular weight is 231 g/mol. The second-order valence-electron chi connectivity index (χ2n) is 4.90. The lowest BCUT2D eigenvalue weighted by molar-refractivity contribution is -0.134. The molecular weight excluding hydrogens is 215 g/mol. The number of aryl methyl sites for hydroxylation is 1. The van der Waals surface area contributed by atoms with Gasteiger partial charge in [-0.1, -0.05) is 20.8 Å². The van der Waals surface area contributed by atoms with E-state index in [2.05, 4.69) is 4.98 Å². The monoisotopic (exact) mass is 231 g/mol. The fourth-order valence-electron chi connectivity index (χ4n) is 1.35. The van der Waals surface area contributed by atoms with Gasteiger partial charge in [-0.3, -0.25) is 4.98 Å². The minimum Gasteiger partial charge on any atom is -0.261 e. The van der Waals surface area contributed by atoms with Gasteiger partial charge in [0.15, 0.2) is 0 Å². The number of aromatic nitrogens is 1. The first-order chi connectivity index (χ1) is 7.18. The highest BCUT2D eigenvalue weighted by Crippen LogP contribution is 2.25. The molecule has 0 aliphatic rings. The van der Waals surface area contributed by atoms with Crippen molar-refractivity contribution >= 4 is 0 Å². The molecule has 1 aromatic rings. The van der Waals surface area contributed by atoms with Crippen LogP contribution < -0.4 is 0 Å². The standard InChI is InChI=1S/C12H16F3N/c1-11(2,3)9-5-7-16-10(8-9)4-6-12(13,14)15/h5,7-8H,4,6H2,1-3H3. The molecule has 0 N–H and O–H groups in total. The van der Waals surface area contributed by atoms with Gasteiger partial charge in [0.05, 0.1) is 0 Å². The molecule has 1 nitrogen and oxygen atoms in total. The van der Waals surface area contributed by atoms with Crippen LogP contribution in [0.25, 0.3) is 0 Å². The van der Waals surface area contributed by atoms with Gasteiger partial charge in [-0.25, -0.2) is 0 Å². The van der Waals surface area contributed by atoms with Gasteiger partial charge in [-0.15, -0.1) is 0 Å². The van der Waals surface area contributed by atoms with Crippen molar-refractivity contribution in [2.75, 3.05) is 0 Å². The van der Waals surface area contributed by atoms with Crippen molar-refractivity contribution in [1.82, 2.24) is 4.98 Å². The number of nitrogens with zero attached hydrogens (tertiary/aromatic N) is 1. The van der Waals surface area contributed by atoms with Crippen molar-refractivity contribution in [2.24, 2.45) is 0 Å². The molecule has 0 amide bonds. The van der Waals surface area contributed by atoms with Crippen LogP contribution in [0, 0.1) is 0 Å². The first-order valence-electron chi connectivity index (χ1n) is 5.21. The van der Waals surface area contributed by atoms with E-state index < -0.39 is 12.6 Å². The molecule has 0 aromatic carbocycles. The third-order valence-corrected chi connectivity index (χ3v) is 2.35. The normalized spacial score (nSPS) is 12.9. The summed E-state index contributed by atoms with van der Waals surface area (Å²) in [5.41, 5.74) is 1.46. The highest BCUT2D eigenvalue weighted by molar-refractivity contribution is 5.23. The van der Waals surface area contributed by atoms with E-state index in [-0.39, 0.29) is 11.8 Å². The van der Waals surface area contributed by atoms with E-state index in [9.17, 15) is 13.2 Å². The summed E-state index contributed by atoms with van der Waals surface area (Å²) in [5, 5.41) is 0. The number of pyridine rings is 1. The van der Waals surface area contributed by atoms with Gasteiger partial charge in [-0.05, 0) is 29.5 Å². The van der Waals surface area contributed by atoms with Crippen molar-refractivity contribution in [1.29, 1.82) is 0 Å². The third kappa shape index (κ3) is 4.21. The summed E-state index contributed by atoms with van der Waals surface area (Å²) in [6, 6.07) is 3.60. The number of halogens is 3. The van der Waals surface area contributed by atoms with Gasteiger partial charge in [0.1, 0.15) is 0 Å². The molecule has 0 saturated heterocycles. The lowest BCUT2D eigenvalue weighted by atomic mass is 9.87. The molecule has 1 aromatic heterocycles. The maximum absolute atomic E-state index is 12.0. The molecule has 0 radical (unpaired) electrons. The van der Waals surface area contributed by atoms with Gasteiger partial charge in [0.25, 0.3) is 0 Å². The van der Waals surface area contributed by atoms with E-state index in [0.717, 1.165) is 5.56 Å². The minimum absolute atomic E-state index is 0.0482. The Morgan fingerprint density at radius 1 is 1.19 bits per heavy atom. The lowest BCUT2D eigenvalue weighted by Crippen LogP contribution is -2.13. The zero-order chi connectivity index (χ0) is 12.4. The Kier molecular flexibility index (Phi) is 3.61. The first-order valence-corrected chi connectivity index (χ1v) is 5.21. The summed E-state index contributed by atoms with van der Waals surface area (Å²) in [4.78, 5) is 3.96. The second kappa shape index (κ2) is 4.44. The van der Waals surface area contributed by atoms with Crippen LogP contribution in [0.1, 0.15) is 38.4 Å². The number of rotatable bonds is 2. The van der Waals surface area contributed by atoms with Crippen molar-refractivity contribution in [3.05, 3.63) is 29.6 Å². The minimum atomic E-state index is -4.11. The second-order valence-corrected chi connectivity index (χ2v) is 4.90. The fourth-order valence-corrected chi connectivity index (χ4v) is 1.35. The highest BCUT2D eigenvalue weighted by atomic mass is 19.4. The van der Waals surface area contributed by atoms with Crippen LogP contribution in [0.3, 0.4) is 0 Å². The summed E-state index contributed by atoms with van der Waals surface area (Å²) in [6.07, 6.45) is -3.40. The number of alkyl halides is 3. The summed E-state index contributed by atoms with van der Waals surface area (Å²) < 4.78 is 36.1. The van der Waals surface area contributed by atoms with Crippen LogP contribution in [-0.2, 0) is 11.8 Å². The Labute approximate surface area is 93.7 Å². The maximum Gasteiger partial charge on any atom is 0.389 e. The quantitative estimate of drug-likeness (QED) is 0.752. The summed E-state index contributed by atoms with van der Waals surface area (Å²) in [5.74, 6) is 0. The molecule has 0 spiro atoms. The van der Waals surface area contributed by atoms with Gasteiger partial charge in [0, 0.05) is 18.3 Å².